The van der Waals surface area contributed by atoms with E-state index in [1.807, 2.05) is 12.1 Å². The van der Waals surface area contributed by atoms with Crippen LogP contribution in [0.3, 0.4) is 0 Å². The SMILES string of the molecule is Cn1c(NCCCOc2cccc(CN3CCCCC3)c2)nc2c3oc(=O)ccc(=O)oc3c3oc(=O)ccc(=O)oc3c21. The standard InChI is InChI=1S/C31H30N4O9/c1-34-26-25(27-29(43-23(38)11-9-21(36)41-27)30-28(26)42-22(37)10-12-24(39)44-30)33-31(34)32-13-6-16-40-20-8-5-7-19(17-20)18-35-14-3-2-4-15-35/h5,7-12,17H,2-4,6,13-16,18H2,1H3,(H,32,33). The Labute approximate surface area is 248 Å². The van der Waals surface area contributed by atoms with Crippen LogP contribution < -0.4 is 32.6 Å². The molecule has 0 aliphatic carbocycles. The van der Waals surface area contributed by atoms with Crippen molar-refractivity contribution in [2.75, 3.05) is 31.6 Å². The zero-order valence-electron chi connectivity index (χ0n) is 24.0. The van der Waals surface area contributed by atoms with Gasteiger partial charge in [-0.3, -0.25) is 4.90 Å². The molecule has 0 bridgehead atoms. The number of aromatic nitrogens is 2. The molecule has 1 saturated heterocycles. The number of imidazole rings is 1. The van der Waals surface area contributed by atoms with Crippen molar-refractivity contribution in [3.63, 3.8) is 0 Å². The van der Waals surface area contributed by atoms with Crippen molar-refractivity contribution in [2.24, 2.45) is 7.05 Å². The van der Waals surface area contributed by atoms with E-state index in [-0.39, 0.29) is 22.2 Å². The average Bonchev–Trinajstić information content (AvgIpc) is 3.33. The lowest BCUT2D eigenvalue weighted by molar-refractivity contribution is 0.220. The predicted molar refractivity (Wildman–Crippen MR) is 162 cm³/mol. The summed E-state index contributed by atoms with van der Waals surface area (Å²) in [5, 5.41) is 3.20. The Balaban J connectivity index is 1.28. The number of fused-ring (bicyclic) bond motifs is 6. The topological polar surface area (TPSA) is 163 Å². The summed E-state index contributed by atoms with van der Waals surface area (Å²) in [7, 11) is 1.63. The minimum absolute atomic E-state index is 0.0374. The lowest BCUT2D eigenvalue weighted by Gasteiger charge is -2.26. The van der Waals surface area contributed by atoms with Crippen LogP contribution in [0, 0.1) is 0 Å². The van der Waals surface area contributed by atoms with E-state index in [4.69, 9.17) is 22.4 Å². The third-order valence-electron chi connectivity index (χ3n) is 7.29. The van der Waals surface area contributed by atoms with Crippen LogP contribution in [0.5, 0.6) is 5.75 Å². The highest BCUT2D eigenvalue weighted by Gasteiger charge is 2.22. The van der Waals surface area contributed by atoms with Crippen molar-refractivity contribution in [3.05, 3.63) is 95.8 Å². The molecule has 1 aliphatic rings. The van der Waals surface area contributed by atoms with Gasteiger partial charge in [-0.2, -0.15) is 0 Å². The maximum Gasteiger partial charge on any atom is 0.336 e. The molecular weight excluding hydrogens is 572 g/mol. The van der Waals surface area contributed by atoms with Gasteiger partial charge in [-0.1, -0.05) is 18.6 Å². The first-order valence-electron chi connectivity index (χ1n) is 14.3. The molecule has 5 aromatic rings. The number of anilines is 1. The number of likely N-dealkylation sites (tertiary alicyclic amines) is 1. The summed E-state index contributed by atoms with van der Waals surface area (Å²) in [5.41, 5.74) is -3.53. The highest BCUT2D eigenvalue weighted by atomic mass is 16.5. The van der Waals surface area contributed by atoms with Gasteiger partial charge in [-0.05, 0) is 50.0 Å². The minimum Gasteiger partial charge on any atom is -0.494 e. The molecule has 3 aromatic heterocycles. The fourth-order valence-electron chi connectivity index (χ4n) is 5.25. The molecule has 0 saturated carbocycles. The molecule has 1 N–H and O–H groups in total. The van der Waals surface area contributed by atoms with Crippen LogP contribution in [-0.2, 0) is 13.6 Å². The van der Waals surface area contributed by atoms with Gasteiger partial charge in [0.1, 0.15) is 16.8 Å². The molecular formula is C31H30N4O9. The number of rotatable bonds is 8. The first-order chi connectivity index (χ1) is 21.4. The number of hydrogen-bond donors (Lipinski definition) is 1. The van der Waals surface area contributed by atoms with E-state index in [0.29, 0.717) is 25.5 Å². The first kappa shape index (κ1) is 28.9. The van der Waals surface area contributed by atoms with Crippen LogP contribution in [-0.4, -0.2) is 40.7 Å². The molecule has 44 heavy (non-hydrogen) atoms. The second-order valence-electron chi connectivity index (χ2n) is 10.5. The Morgan fingerprint density at radius 3 is 2.09 bits per heavy atom. The molecule has 1 fully saturated rings. The number of piperidine rings is 1. The molecule has 1 aliphatic heterocycles. The molecule has 0 unspecified atom stereocenters. The van der Waals surface area contributed by atoms with Crippen molar-refractivity contribution < 1.29 is 22.4 Å². The monoisotopic (exact) mass is 602 g/mol. The smallest absolute Gasteiger partial charge is 0.336 e. The molecule has 0 atom stereocenters. The highest BCUT2D eigenvalue weighted by Crippen LogP contribution is 2.33. The van der Waals surface area contributed by atoms with Gasteiger partial charge in [0.2, 0.25) is 28.3 Å². The largest absolute Gasteiger partial charge is 0.494 e. The van der Waals surface area contributed by atoms with Crippen LogP contribution in [0.2, 0.25) is 0 Å². The van der Waals surface area contributed by atoms with E-state index in [0.717, 1.165) is 49.6 Å². The Hall–Kier alpha value is -5.17. The van der Waals surface area contributed by atoms with Gasteiger partial charge in [-0.15, -0.1) is 0 Å². The first-order valence-corrected chi connectivity index (χ1v) is 14.3. The van der Waals surface area contributed by atoms with E-state index >= 15 is 0 Å². The lowest BCUT2D eigenvalue weighted by Crippen LogP contribution is -2.29. The molecule has 0 amide bonds. The number of benzene rings is 2. The number of nitrogens with one attached hydrogen (secondary N) is 1. The summed E-state index contributed by atoms with van der Waals surface area (Å²) in [5.74, 6) is 1.12. The van der Waals surface area contributed by atoms with E-state index in [2.05, 4.69) is 27.3 Å². The summed E-state index contributed by atoms with van der Waals surface area (Å²) in [6, 6.07) is 11.6. The molecule has 2 aromatic carbocycles. The zero-order valence-corrected chi connectivity index (χ0v) is 24.0. The minimum atomic E-state index is -0.935. The van der Waals surface area contributed by atoms with Crippen LogP contribution in [0.1, 0.15) is 31.2 Å². The predicted octanol–water partition coefficient (Wildman–Crippen LogP) is 3.68. The number of aryl methyl sites for hydroxylation is 1. The summed E-state index contributed by atoms with van der Waals surface area (Å²) >= 11 is 0. The van der Waals surface area contributed by atoms with E-state index < -0.39 is 33.7 Å². The summed E-state index contributed by atoms with van der Waals surface area (Å²) < 4.78 is 29.2. The van der Waals surface area contributed by atoms with Crippen molar-refractivity contribution in [3.8, 4) is 5.75 Å². The number of ether oxygens (including phenoxy) is 1. The Morgan fingerprint density at radius 2 is 1.41 bits per heavy atom. The fourth-order valence-corrected chi connectivity index (χ4v) is 5.25. The van der Waals surface area contributed by atoms with Crippen molar-refractivity contribution in [1.29, 1.82) is 0 Å². The molecule has 13 heteroatoms. The van der Waals surface area contributed by atoms with Crippen LogP contribution in [0.4, 0.5) is 5.95 Å². The van der Waals surface area contributed by atoms with Gasteiger partial charge in [0.05, 0.1) is 6.61 Å². The third kappa shape index (κ3) is 6.27. The van der Waals surface area contributed by atoms with Gasteiger partial charge in [0.15, 0.2) is 0 Å². The molecule has 4 heterocycles. The molecule has 6 rings (SSSR count). The van der Waals surface area contributed by atoms with E-state index in [9.17, 15) is 19.2 Å². The van der Waals surface area contributed by atoms with Gasteiger partial charge in [-0.25, -0.2) is 24.2 Å². The second-order valence-corrected chi connectivity index (χ2v) is 10.5. The molecule has 228 valence electrons. The quantitative estimate of drug-likeness (QED) is 0.257. The third-order valence-corrected chi connectivity index (χ3v) is 7.29. The lowest BCUT2D eigenvalue weighted by atomic mass is 10.1. The number of nitrogens with zero attached hydrogens (tertiary/aromatic N) is 3. The second kappa shape index (κ2) is 12.6. The van der Waals surface area contributed by atoms with Gasteiger partial charge < -0.3 is 32.3 Å². The summed E-state index contributed by atoms with van der Waals surface area (Å²) in [4.78, 5) is 56.5. The van der Waals surface area contributed by atoms with Crippen LogP contribution in [0.25, 0.3) is 33.4 Å². The molecule has 0 spiro atoms. The van der Waals surface area contributed by atoms with Crippen LogP contribution in [0.15, 0.2) is 85.4 Å². The van der Waals surface area contributed by atoms with Gasteiger partial charge in [0.25, 0.3) is 0 Å². The van der Waals surface area contributed by atoms with Crippen molar-refractivity contribution >= 4 is 39.3 Å². The zero-order chi connectivity index (χ0) is 30.6. The normalized spacial score (nSPS) is 13.8. The number of hydrogen-bond acceptors (Lipinski definition) is 12. The maximum atomic E-state index is 12.4. The van der Waals surface area contributed by atoms with Gasteiger partial charge >= 0.3 is 22.5 Å². The molecule has 13 nitrogen and oxygen atoms in total. The molecule has 0 radical (unpaired) electrons. The van der Waals surface area contributed by atoms with Gasteiger partial charge in [0, 0.05) is 44.4 Å². The Morgan fingerprint density at radius 1 is 0.795 bits per heavy atom. The van der Waals surface area contributed by atoms with E-state index in [1.165, 1.54) is 24.8 Å². The Kier molecular flexibility index (Phi) is 8.28. The summed E-state index contributed by atoms with van der Waals surface area (Å²) in [6.45, 7) is 4.05. The maximum absolute atomic E-state index is 12.4. The average molecular weight is 603 g/mol. The fraction of sp³-hybridized carbons (Fsp3) is 0.323. The highest BCUT2D eigenvalue weighted by molar-refractivity contribution is 6.15. The van der Waals surface area contributed by atoms with Crippen molar-refractivity contribution in [1.82, 2.24) is 14.5 Å². The summed E-state index contributed by atoms with van der Waals surface area (Å²) in [6.07, 6.45) is 4.40. The Bertz CT molecular complexity index is 2130. The van der Waals surface area contributed by atoms with Crippen molar-refractivity contribution in [2.45, 2.75) is 32.2 Å². The van der Waals surface area contributed by atoms with Crippen LogP contribution >= 0.6 is 0 Å². The van der Waals surface area contributed by atoms with E-state index in [1.54, 1.807) is 11.6 Å².